The molecule has 0 aliphatic carbocycles. The molecule has 5 heteroatoms. The Labute approximate surface area is 80.3 Å². The molecule has 0 radical (unpaired) electrons. The predicted molar refractivity (Wildman–Crippen MR) is 49.6 cm³/mol. The molecule has 74 valence electrons. The first-order valence-electron chi connectivity index (χ1n) is 3.80. The molecule has 0 aliphatic heterocycles. The Balaban J connectivity index is 3.10. The van der Waals surface area contributed by atoms with Gasteiger partial charge in [-0.3, -0.25) is 4.79 Å². The van der Waals surface area contributed by atoms with Gasteiger partial charge in [0.25, 0.3) is 0 Å². The normalized spacial score (nSPS) is 9.21. The molecule has 0 aliphatic rings. The highest BCUT2D eigenvalue weighted by Gasteiger charge is 2.07. The number of carbonyl (C=O) groups excluding carboxylic acids is 1. The summed E-state index contributed by atoms with van der Waals surface area (Å²) in [6.45, 7) is 0. The van der Waals surface area contributed by atoms with Crippen LogP contribution in [0.3, 0.4) is 0 Å². The van der Waals surface area contributed by atoms with Gasteiger partial charge in [0.15, 0.2) is 0 Å². The van der Waals surface area contributed by atoms with Gasteiger partial charge in [0.05, 0.1) is 18.4 Å². The first-order valence-corrected chi connectivity index (χ1v) is 3.80. The number of carbonyl (C=O) groups is 2. The van der Waals surface area contributed by atoms with Crippen LogP contribution >= 0.6 is 0 Å². The molecular weight excluding hydrogens is 186 g/mol. The summed E-state index contributed by atoms with van der Waals surface area (Å²) in [5.41, 5.74) is 0.547. The molecule has 1 rings (SSSR count). The predicted octanol–water partition coefficient (Wildman–Crippen LogP) is 0.962. The van der Waals surface area contributed by atoms with E-state index in [4.69, 9.17) is 9.84 Å². The minimum atomic E-state index is -1.04. The lowest BCUT2D eigenvalue weighted by Gasteiger charge is -2.07. The van der Waals surface area contributed by atoms with Crippen LogP contribution in [0.25, 0.3) is 0 Å². The first-order chi connectivity index (χ1) is 6.69. The summed E-state index contributed by atoms with van der Waals surface area (Å²) < 4.78 is 4.90. The second kappa shape index (κ2) is 4.27. The van der Waals surface area contributed by atoms with E-state index in [1.165, 1.54) is 25.3 Å². The second-order valence-corrected chi connectivity index (χ2v) is 2.48. The van der Waals surface area contributed by atoms with Gasteiger partial charge in [0, 0.05) is 0 Å². The minimum absolute atomic E-state index is 0.110. The number of benzene rings is 1. The lowest BCUT2D eigenvalue weighted by atomic mass is 10.2. The Morgan fingerprint density at radius 3 is 2.79 bits per heavy atom. The van der Waals surface area contributed by atoms with Gasteiger partial charge < -0.3 is 15.2 Å². The summed E-state index contributed by atoms with van der Waals surface area (Å²) in [5.74, 6) is -0.724. The van der Waals surface area contributed by atoms with Crippen molar-refractivity contribution in [2.45, 2.75) is 0 Å². The van der Waals surface area contributed by atoms with E-state index in [0.29, 0.717) is 17.8 Å². The lowest BCUT2D eigenvalue weighted by molar-refractivity contribution is -0.105. The smallest absolute Gasteiger partial charge is 0.335 e. The van der Waals surface area contributed by atoms with E-state index in [1.807, 2.05) is 0 Å². The molecule has 0 saturated carbocycles. The van der Waals surface area contributed by atoms with E-state index in [9.17, 15) is 9.59 Å². The Hall–Kier alpha value is -2.04. The van der Waals surface area contributed by atoms with Gasteiger partial charge >= 0.3 is 5.97 Å². The van der Waals surface area contributed by atoms with Crippen molar-refractivity contribution in [2.75, 3.05) is 12.4 Å². The van der Waals surface area contributed by atoms with Gasteiger partial charge in [-0.25, -0.2) is 4.79 Å². The number of hydrogen-bond donors (Lipinski definition) is 2. The SMILES string of the molecule is COc1cc(C(=O)O)ccc1NC=O. The van der Waals surface area contributed by atoms with E-state index in [0.717, 1.165) is 0 Å². The fraction of sp³-hybridized carbons (Fsp3) is 0.111. The average molecular weight is 195 g/mol. The van der Waals surface area contributed by atoms with E-state index in [1.54, 1.807) is 0 Å². The summed E-state index contributed by atoms with van der Waals surface area (Å²) in [4.78, 5) is 20.8. The number of carboxylic acids is 1. The monoisotopic (exact) mass is 195 g/mol. The third-order valence-electron chi connectivity index (χ3n) is 1.66. The van der Waals surface area contributed by atoms with E-state index >= 15 is 0 Å². The largest absolute Gasteiger partial charge is 0.495 e. The standard InChI is InChI=1S/C9H9NO4/c1-14-8-4-6(9(12)13)2-3-7(8)10-5-11/h2-5H,1H3,(H,10,11)(H,12,13). The molecule has 0 spiro atoms. The van der Waals surface area contributed by atoms with E-state index < -0.39 is 5.97 Å². The van der Waals surface area contributed by atoms with Crippen LogP contribution in [0.1, 0.15) is 10.4 Å². The maximum absolute atomic E-state index is 10.6. The van der Waals surface area contributed by atoms with Crippen LogP contribution in [0.2, 0.25) is 0 Å². The summed E-state index contributed by atoms with van der Waals surface area (Å²) in [7, 11) is 1.40. The van der Waals surface area contributed by atoms with Crippen molar-refractivity contribution >= 4 is 18.1 Å². The van der Waals surface area contributed by atoms with E-state index in [-0.39, 0.29) is 5.56 Å². The number of methoxy groups -OCH3 is 1. The Bertz CT molecular complexity index is 362. The van der Waals surface area contributed by atoms with Gasteiger partial charge in [0.1, 0.15) is 5.75 Å². The summed E-state index contributed by atoms with van der Waals surface area (Å²) in [6, 6.07) is 4.20. The number of amides is 1. The quantitative estimate of drug-likeness (QED) is 0.701. The molecule has 0 atom stereocenters. The zero-order chi connectivity index (χ0) is 10.6. The summed E-state index contributed by atoms with van der Waals surface area (Å²) >= 11 is 0. The lowest BCUT2D eigenvalue weighted by Crippen LogP contribution is -2.01. The third-order valence-corrected chi connectivity index (χ3v) is 1.66. The van der Waals surface area contributed by atoms with Crippen LogP contribution < -0.4 is 10.1 Å². The highest BCUT2D eigenvalue weighted by molar-refractivity contribution is 5.90. The topological polar surface area (TPSA) is 75.6 Å². The zero-order valence-corrected chi connectivity index (χ0v) is 7.48. The van der Waals surface area contributed by atoms with Crippen molar-refractivity contribution in [1.82, 2.24) is 0 Å². The van der Waals surface area contributed by atoms with Crippen LogP contribution in [0.4, 0.5) is 5.69 Å². The molecule has 0 fully saturated rings. The summed E-state index contributed by atoms with van der Waals surface area (Å²) in [5, 5.41) is 11.1. The average Bonchev–Trinajstić information content (AvgIpc) is 2.18. The molecule has 5 nitrogen and oxygen atoms in total. The molecule has 0 unspecified atom stereocenters. The Morgan fingerprint density at radius 2 is 2.29 bits per heavy atom. The highest BCUT2D eigenvalue weighted by atomic mass is 16.5. The molecule has 0 saturated heterocycles. The summed E-state index contributed by atoms with van der Waals surface area (Å²) in [6.07, 6.45) is 0.498. The number of aromatic carboxylic acids is 1. The fourth-order valence-electron chi connectivity index (χ4n) is 1.01. The molecule has 14 heavy (non-hydrogen) atoms. The van der Waals surface area contributed by atoms with Crippen LogP contribution in [-0.4, -0.2) is 24.6 Å². The minimum Gasteiger partial charge on any atom is -0.495 e. The van der Waals surface area contributed by atoms with Gasteiger partial charge in [-0.15, -0.1) is 0 Å². The molecular formula is C9H9NO4. The number of hydrogen-bond acceptors (Lipinski definition) is 3. The number of ether oxygens (including phenoxy) is 1. The molecule has 2 N–H and O–H groups in total. The zero-order valence-electron chi connectivity index (χ0n) is 7.48. The van der Waals surface area contributed by atoms with Crippen molar-refractivity contribution in [3.63, 3.8) is 0 Å². The van der Waals surface area contributed by atoms with Crippen LogP contribution in [-0.2, 0) is 4.79 Å². The number of anilines is 1. The van der Waals surface area contributed by atoms with Crippen molar-refractivity contribution in [3.8, 4) is 5.75 Å². The van der Waals surface area contributed by atoms with Crippen LogP contribution in [0.5, 0.6) is 5.75 Å². The highest BCUT2D eigenvalue weighted by Crippen LogP contribution is 2.24. The Kier molecular flexibility index (Phi) is 3.06. The maximum atomic E-state index is 10.6. The van der Waals surface area contributed by atoms with Gasteiger partial charge in [0.2, 0.25) is 6.41 Å². The maximum Gasteiger partial charge on any atom is 0.335 e. The van der Waals surface area contributed by atoms with Crippen molar-refractivity contribution in [2.24, 2.45) is 0 Å². The molecule has 1 aromatic carbocycles. The fourth-order valence-corrected chi connectivity index (χ4v) is 1.01. The van der Waals surface area contributed by atoms with E-state index in [2.05, 4.69) is 5.32 Å². The van der Waals surface area contributed by atoms with Gasteiger partial charge in [-0.05, 0) is 18.2 Å². The van der Waals surface area contributed by atoms with Gasteiger partial charge in [-0.1, -0.05) is 0 Å². The molecule has 0 aromatic heterocycles. The molecule has 1 amide bonds. The third kappa shape index (κ3) is 2.01. The van der Waals surface area contributed by atoms with Crippen molar-refractivity contribution < 1.29 is 19.4 Å². The molecule has 1 aromatic rings. The second-order valence-electron chi connectivity index (χ2n) is 2.48. The number of rotatable bonds is 4. The van der Waals surface area contributed by atoms with Crippen molar-refractivity contribution in [3.05, 3.63) is 23.8 Å². The van der Waals surface area contributed by atoms with Gasteiger partial charge in [-0.2, -0.15) is 0 Å². The van der Waals surface area contributed by atoms with Crippen LogP contribution in [0, 0.1) is 0 Å². The van der Waals surface area contributed by atoms with Crippen LogP contribution in [0.15, 0.2) is 18.2 Å². The molecule has 0 heterocycles. The number of carboxylic acid groups (broad SMARTS) is 1. The first kappa shape index (κ1) is 10.0. The number of nitrogens with one attached hydrogen (secondary N) is 1. The Morgan fingerprint density at radius 1 is 1.57 bits per heavy atom. The molecule has 0 bridgehead atoms. The van der Waals surface area contributed by atoms with Crippen molar-refractivity contribution in [1.29, 1.82) is 0 Å².